The molecule has 0 fully saturated rings. The van der Waals surface area contributed by atoms with Crippen LogP contribution in [-0.4, -0.2) is 13.0 Å². The molecule has 2 aromatic carbocycles. The molecule has 0 atom stereocenters. The van der Waals surface area contributed by atoms with E-state index in [0.717, 1.165) is 5.39 Å². The third-order valence-electron chi connectivity index (χ3n) is 2.12. The Bertz CT molecular complexity index is 625. The molecule has 78 valence electrons. The number of benzene rings is 2. The van der Waals surface area contributed by atoms with Crippen molar-refractivity contribution in [2.45, 2.75) is 4.90 Å². The summed E-state index contributed by atoms with van der Waals surface area (Å²) in [6.07, 6.45) is 0. The molecule has 0 saturated carbocycles. The Balaban J connectivity index is 0.00000128. The van der Waals surface area contributed by atoms with Crippen molar-refractivity contribution >= 4 is 26.6 Å². The predicted octanol–water partition coefficient (Wildman–Crippen LogP) is -1.67. The van der Waals surface area contributed by atoms with Crippen molar-refractivity contribution in [3.63, 3.8) is 0 Å². The van der Waals surface area contributed by atoms with Gasteiger partial charge >= 0.3 is 51.4 Å². The van der Waals surface area contributed by atoms with Crippen LogP contribution in [0, 0.1) is 0 Å². The number of fused-ring (bicyclic) bond motifs is 1. The van der Waals surface area contributed by atoms with E-state index >= 15 is 0 Å². The minimum atomic E-state index is -4.39. The SMILES string of the molecule is Nc1ccc2cc(S(=O)(=O)[O-])ccc2c1.[K+]. The third-order valence-corrected chi connectivity index (χ3v) is 2.96. The first kappa shape index (κ1) is 14.1. The summed E-state index contributed by atoms with van der Waals surface area (Å²) in [5.41, 5.74) is 6.17. The maximum absolute atomic E-state index is 10.8. The molecule has 0 amide bonds. The Morgan fingerprint density at radius 2 is 1.56 bits per heavy atom. The first-order valence-electron chi connectivity index (χ1n) is 4.22. The van der Waals surface area contributed by atoms with E-state index in [2.05, 4.69) is 0 Å². The van der Waals surface area contributed by atoms with Gasteiger partial charge in [0.25, 0.3) is 0 Å². The summed E-state index contributed by atoms with van der Waals surface area (Å²) in [5.74, 6) is 0. The van der Waals surface area contributed by atoms with Gasteiger partial charge in [-0.05, 0) is 35.0 Å². The molecule has 2 aromatic rings. The van der Waals surface area contributed by atoms with Gasteiger partial charge in [0.05, 0.1) is 4.90 Å². The number of anilines is 1. The van der Waals surface area contributed by atoms with Gasteiger partial charge in [0, 0.05) is 5.69 Å². The zero-order chi connectivity index (χ0) is 11.1. The Kier molecular flexibility index (Phi) is 4.53. The van der Waals surface area contributed by atoms with Crippen LogP contribution in [0.5, 0.6) is 0 Å². The maximum Gasteiger partial charge on any atom is 1.00 e. The van der Waals surface area contributed by atoms with E-state index in [-0.39, 0.29) is 56.3 Å². The van der Waals surface area contributed by atoms with Crippen molar-refractivity contribution in [2.75, 3.05) is 5.73 Å². The molecule has 0 aliphatic rings. The van der Waals surface area contributed by atoms with Crippen molar-refractivity contribution < 1.29 is 64.4 Å². The van der Waals surface area contributed by atoms with Gasteiger partial charge in [-0.15, -0.1) is 0 Å². The molecule has 0 heterocycles. The Morgan fingerprint density at radius 1 is 1.00 bits per heavy atom. The number of hydrogen-bond donors (Lipinski definition) is 1. The molecule has 0 bridgehead atoms. The predicted molar refractivity (Wildman–Crippen MR) is 56.3 cm³/mol. The topological polar surface area (TPSA) is 83.2 Å². The van der Waals surface area contributed by atoms with E-state index in [9.17, 15) is 13.0 Å². The van der Waals surface area contributed by atoms with Gasteiger partial charge in [0.2, 0.25) is 0 Å². The molecule has 4 nitrogen and oxygen atoms in total. The van der Waals surface area contributed by atoms with Gasteiger partial charge < -0.3 is 10.3 Å². The Hall–Kier alpha value is 0.0464. The average Bonchev–Trinajstić information content (AvgIpc) is 2.15. The largest absolute Gasteiger partial charge is 1.00 e. The van der Waals surface area contributed by atoms with Crippen LogP contribution in [0.1, 0.15) is 0 Å². The smallest absolute Gasteiger partial charge is 0.744 e. The first-order valence-corrected chi connectivity index (χ1v) is 5.63. The molecular formula is C10H8KNO3S. The van der Waals surface area contributed by atoms with Crippen LogP contribution in [0.15, 0.2) is 41.3 Å². The van der Waals surface area contributed by atoms with Gasteiger partial charge in [-0.25, -0.2) is 8.42 Å². The molecular weight excluding hydrogens is 253 g/mol. The van der Waals surface area contributed by atoms with Crippen LogP contribution in [0.3, 0.4) is 0 Å². The van der Waals surface area contributed by atoms with Crippen molar-refractivity contribution in [1.82, 2.24) is 0 Å². The van der Waals surface area contributed by atoms with Crippen LogP contribution in [0.2, 0.25) is 0 Å². The molecule has 0 unspecified atom stereocenters. The number of hydrogen-bond acceptors (Lipinski definition) is 4. The van der Waals surface area contributed by atoms with Crippen molar-refractivity contribution in [3.05, 3.63) is 36.4 Å². The summed E-state index contributed by atoms with van der Waals surface area (Å²) in [5, 5.41) is 1.49. The molecule has 0 saturated heterocycles. The Morgan fingerprint density at radius 3 is 2.19 bits per heavy atom. The third kappa shape index (κ3) is 3.04. The van der Waals surface area contributed by atoms with E-state index in [0.29, 0.717) is 11.1 Å². The standard InChI is InChI=1S/C10H9NO3S.K/c11-9-3-1-8-6-10(15(12,13)14)4-2-7(8)5-9;/h1-6H,11H2,(H,12,13,14);/q;+1/p-1. The van der Waals surface area contributed by atoms with Crippen molar-refractivity contribution in [3.8, 4) is 0 Å². The number of nitrogen functional groups attached to an aromatic ring is 1. The second-order valence-corrected chi connectivity index (χ2v) is 4.60. The molecule has 0 spiro atoms. The van der Waals surface area contributed by atoms with Crippen LogP contribution < -0.4 is 57.1 Å². The summed E-state index contributed by atoms with van der Waals surface area (Å²) in [4.78, 5) is -0.222. The fraction of sp³-hybridized carbons (Fsp3) is 0. The van der Waals surface area contributed by atoms with E-state index in [4.69, 9.17) is 5.73 Å². The van der Waals surface area contributed by atoms with Gasteiger partial charge in [-0.3, -0.25) is 0 Å². The fourth-order valence-corrected chi connectivity index (χ4v) is 1.90. The van der Waals surface area contributed by atoms with Crippen LogP contribution in [-0.2, 0) is 10.1 Å². The zero-order valence-electron chi connectivity index (χ0n) is 8.67. The summed E-state index contributed by atoms with van der Waals surface area (Å²) in [7, 11) is -4.39. The second kappa shape index (κ2) is 5.13. The summed E-state index contributed by atoms with van der Waals surface area (Å²) < 4.78 is 32.3. The number of nitrogens with two attached hydrogens (primary N) is 1. The molecule has 0 radical (unpaired) electrons. The molecule has 0 aliphatic heterocycles. The van der Waals surface area contributed by atoms with E-state index in [1.165, 1.54) is 12.1 Å². The Labute approximate surface area is 136 Å². The minimum Gasteiger partial charge on any atom is -0.744 e. The monoisotopic (exact) mass is 261 g/mol. The van der Waals surface area contributed by atoms with Gasteiger partial charge in [-0.1, -0.05) is 12.1 Å². The van der Waals surface area contributed by atoms with Gasteiger partial charge in [0.15, 0.2) is 0 Å². The molecule has 2 rings (SSSR count). The van der Waals surface area contributed by atoms with Gasteiger partial charge in [0.1, 0.15) is 10.1 Å². The molecule has 0 aliphatic carbocycles. The summed E-state index contributed by atoms with van der Waals surface area (Å²) >= 11 is 0. The van der Waals surface area contributed by atoms with Crippen LogP contribution >= 0.6 is 0 Å². The van der Waals surface area contributed by atoms with Gasteiger partial charge in [-0.2, -0.15) is 0 Å². The van der Waals surface area contributed by atoms with Crippen LogP contribution in [0.25, 0.3) is 10.8 Å². The van der Waals surface area contributed by atoms with E-state index < -0.39 is 10.1 Å². The fourth-order valence-electron chi connectivity index (χ4n) is 1.40. The molecule has 0 aromatic heterocycles. The van der Waals surface area contributed by atoms with E-state index in [1.807, 2.05) is 0 Å². The molecule has 6 heteroatoms. The zero-order valence-corrected chi connectivity index (χ0v) is 12.6. The van der Waals surface area contributed by atoms with Crippen molar-refractivity contribution in [1.29, 1.82) is 0 Å². The normalized spacial score (nSPS) is 11.1. The number of rotatable bonds is 1. The molecule has 16 heavy (non-hydrogen) atoms. The maximum atomic E-state index is 10.8. The first-order chi connectivity index (χ1) is 6.97. The second-order valence-electron chi connectivity index (χ2n) is 3.22. The minimum absolute atomic E-state index is 0. The van der Waals surface area contributed by atoms with E-state index in [1.54, 1.807) is 24.3 Å². The van der Waals surface area contributed by atoms with Crippen molar-refractivity contribution in [2.24, 2.45) is 0 Å². The summed E-state index contributed by atoms with van der Waals surface area (Å²) in [6, 6.07) is 9.25. The quantitative estimate of drug-likeness (QED) is 0.378. The molecule has 2 N–H and O–H groups in total. The average molecular weight is 261 g/mol. The van der Waals surface area contributed by atoms with Crippen LogP contribution in [0.4, 0.5) is 5.69 Å². The summed E-state index contributed by atoms with van der Waals surface area (Å²) in [6.45, 7) is 0.